The minimum atomic E-state index is 0.204. The summed E-state index contributed by atoms with van der Waals surface area (Å²) in [6, 6.07) is 11.5. The van der Waals surface area contributed by atoms with Gasteiger partial charge in [-0.3, -0.25) is 0 Å². The number of hydrogen-bond donors (Lipinski definition) is 0. The zero-order valence-corrected chi connectivity index (χ0v) is 6.87. The zero-order valence-electron chi connectivity index (χ0n) is 7.87. The maximum absolute atomic E-state index is 7.24. The van der Waals surface area contributed by atoms with Gasteiger partial charge in [-0.05, 0) is 19.1 Å². The average molecular weight is 159 g/mol. The fourth-order valence-corrected chi connectivity index (χ4v) is 1.11. The van der Waals surface area contributed by atoms with Crippen molar-refractivity contribution < 1.29 is 5.79 Å². The van der Waals surface area contributed by atoms with Gasteiger partial charge in [0.1, 0.15) is 7.13 Å². The molecule has 1 aromatic heterocycles. The van der Waals surface area contributed by atoms with Crippen LogP contribution in [0, 0.1) is 6.92 Å². The maximum atomic E-state index is 7.24. The topological polar surface area (TPSA) is 13.1 Å². The summed E-state index contributed by atoms with van der Waals surface area (Å²) in [5.74, 6) is 0.755. The lowest BCUT2D eigenvalue weighted by atomic mass is 10.1. The highest BCUT2D eigenvalue weighted by Crippen LogP contribution is 2.19. The Labute approximate surface area is 73.1 Å². The molecule has 0 saturated heterocycles. The minimum Gasteiger partial charge on any atom is -0.464 e. The molecule has 0 bridgehead atoms. The Morgan fingerprint density at radius 1 is 1.17 bits per heavy atom. The van der Waals surface area contributed by atoms with E-state index >= 15 is 0 Å². The molecule has 0 spiro atoms. The van der Waals surface area contributed by atoms with Gasteiger partial charge in [0.05, 0.1) is 6.24 Å². The Hall–Kier alpha value is -1.50. The highest BCUT2D eigenvalue weighted by molar-refractivity contribution is 5.57. The molecule has 0 amide bonds. The van der Waals surface area contributed by atoms with Gasteiger partial charge in [-0.1, -0.05) is 29.8 Å². The van der Waals surface area contributed by atoms with Crippen LogP contribution in [0.25, 0.3) is 11.3 Å². The Kier molecular flexibility index (Phi) is 1.44. The first-order valence-electron chi connectivity index (χ1n) is 4.39. The van der Waals surface area contributed by atoms with Crippen molar-refractivity contribution >= 4 is 0 Å². The molecule has 0 aliphatic rings. The molecule has 0 saturated carbocycles. The van der Waals surface area contributed by atoms with E-state index in [4.69, 9.17) is 5.79 Å². The lowest BCUT2D eigenvalue weighted by molar-refractivity contribution is 0.582. The van der Waals surface area contributed by atoms with Crippen LogP contribution in [0.2, 0.25) is 0 Å². The second-order valence-electron chi connectivity index (χ2n) is 2.78. The fourth-order valence-electron chi connectivity index (χ4n) is 1.11. The summed E-state index contributed by atoms with van der Waals surface area (Å²) in [6.07, 6.45) is 0.204. The predicted molar refractivity (Wildman–Crippen MR) is 48.9 cm³/mol. The van der Waals surface area contributed by atoms with Crippen molar-refractivity contribution in [1.29, 1.82) is 0 Å². The van der Waals surface area contributed by atoms with Gasteiger partial charge in [-0.15, -0.1) is 0 Å². The van der Waals surface area contributed by atoms with Gasteiger partial charge in [-0.25, -0.2) is 0 Å². The van der Waals surface area contributed by atoms with Crippen molar-refractivity contribution in [3.8, 4) is 11.3 Å². The Morgan fingerprint density at radius 3 is 2.50 bits per heavy atom. The van der Waals surface area contributed by atoms with Crippen molar-refractivity contribution in [1.82, 2.24) is 0 Å². The zero-order chi connectivity index (χ0) is 9.26. The molecule has 1 aromatic carbocycles. The van der Waals surface area contributed by atoms with Crippen LogP contribution in [0.4, 0.5) is 0 Å². The van der Waals surface area contributed by atoms with Crippen LogP contribution in [-0.2, 0) is 0 Å². The molecular weight excluding hydrogens is 148 g/mol. The monoisotopic (exact) mass is 159 g/mol. The lowest BCUT2D eigenvalue weighted by Gasteiger charge is -1.96. The third-order valence-electron chi connectivity index (χ3n) is 1.81. The molecule has 2 rings (SSSR count). The van der Waals surface area contributed by atoms with E-state index in [0.29, 0.717) is 0 Å². The molecule has 0 fully saturated rings. The van der Waals surface area contributed by atoms with E-state index < -0.39 is 0 Å². The molecule has 0 atom stereocenters. The third-order valence-corrected chi connectivity index (χ3v) is 1.81. The third kappa shape index (κ3) is 1.26. The number of aryl methyl sites for hydroxylation is 1. The Bertz CT molecular complexity index is 400. The summed E-state index contributed by atoms with van der Waals surface area (Å²) >= 11 is 0. The molecule has 0 unspecified atom stereocenters. The van der Waals surface area contributed by atoms with Crippen molar-refractivity contribution in [2.24, 2.45) is 0 Å². The first-order chi connectivity index (χ1) is 6.25. The normalized spacial score (nSPS) is 11.2. The number of rotatable bonds is 1. The van der Waals surface area contributed by atoms with Crippen LogP contribution in [0.3, 0.4) is 0 Å². The highest BCUT2D eigenvalue weighted by atomic mass is 16.3. The molecule has 0 N–H and O–H groups in total. The Balaban J connectivity index is 2.41. The van der Waals surface area contributed by atoms with Gasteiger partial charge in [0.25, 0.3) is 0 Å². The fraction of sp³-hybridized carbons (Fsp3) is 0.0909. The molecular formula is C11H10O. The summed E-state index contributed by atoms with van der Waals surface area (Å²) < 4.78 is 12.4. The van der Waals surface area contributed by atoms with E-state index in [0.717, 1.165) is 11.3 Å². The molecule has 2 aromatic rings. The van der Waals surface area contributed by atoms with Crippen molar-refractivity contribution in [2.75, 3.05) is 0 Å². The first kappa shape index (κ1) is 6.06. The van der Waals surface area contributed by atoms with E-state index in [1.807, 2.05) is 37.3 Å². The number of furan rings is 1. The second-order valence-corrected chi connectivity index (χ2v) is 2.78. The molecule has 1 nitrogen and oxygen atoms in total. The second kappa shape index (κ2) is 2.86. The van der Waals surface area contributed by atoms with Crippen LogP contribution < -0.4 is 0 Å². The van der Waals surface area contributed by atoms with Crippen LogP contribution in [-0.4, -0.2) is 0 Å². The van der Waals surface area contributed by atoms with Crippen LogP contribution in [0.5, 0.6) is 0 Å². The predicted octanol–water partition coefficient (Wildman–Crippen LogP) is 3.26. The van der Waals surface area contributed by atoms with E-state index in [-0.39, 0.29) is 6.24 Å². The van der Waals surface area contributed by atoms with Gasteiger partial charge in [0.15, 0.2) is 0 Å². The maximum Gasteiger partial charge on any atom is 0.133 e. The van der Waals surface area contributed by atoms with E-state index in [1.54, 1.807) is 6.07 Å². The van der Waals surface area contributed by atoms with Crippen LogP contribution >= 0.6 is 0 Å². The van der Waals surface area contributed by atoms with E-state index in [1.165, 1.54) is 5.56 Å². The van der Waals surface area contributed by atoms with Gasteiger partial charge >= 0.3 is 0 Å². The SMILES string of the molecule is [2H]c1ccc(-c2ccc(C)cc2)o1. The van der Waals surface area contributed by atoms with Gasteiger partial charge in [0, 0.05) is 5.56 Å². The first-order valence-corrected chi connectivity index (χ1v) is 3.89. The minimum absolute atomic E-state index is 0.204. The van der Waals surface area contributed by atoms with Gasteiger partial charge in [-0.2, -0.15) is 0 Å². The van der Waals surface area contributed by atoms with Crippen LogP contribution in [0.1, 0.15) is 6.93 Å². The summed E-state index contributed by atoms with van der Waals surface area (Å²) in [7, 11) is 0. The molecule has 0 radical (unpaired) electrons. The van der Waals surface area contributed by atoms with Gasteiger partial charge in [0.2, 0.25) is 0 Å². The summed E-state index contributed by atoms with van der Waals surface area (Å²) in [5, 5.41) is 0. The largest absolute Gasteiger partial charge is 0.464 e. The molecule has 0 aliphatic heterocycles. The number of benzene rings is 1. The van der Waals surface area contributed by atoms with Gasteiger partial charge < -0.3 is 4.42 Å². The molecule has 1 heterocycles. The standard InChI is InChI=1S/C11H10O/c1-9-4-6-10(7-5-9)11-3-2-8-12-11/h2-8H,1H3/i8D. The number of hydrogen-bond acceptors (Lipinski definition) is 1. The van der Waals surface area contributed by atoms with Crippen LogP contribution in [0.15, 0.2) is 47.1 Å². The average Bonchev–Trinajstić information content (AvgIpc) is 2.53. The van der Waals surface area contributed by atoms with Crippen molar-refractivity contribution in [3.05, 3.63) is 48.2 Å². The highest BCUT2D eigenvalue weighted by Gasteiger charge is 1.97. The quantitative estimate of drug-likeness (QED) is 0.622. The molecule has 0 aliphatic carbocycles. The summed E-state index contributed by atoms with van der Waals surface area (Å²) in [6.45, 7) is 2.04. The summed E-state index contributed by atoms with van der Waals surface area (Å²) in [5.41, 5.74) is 2.24. The van der Waals surface area contributed by atoms with E-state index in [9.17, 15) is 0 Å². The van der Waals surface area contributed by atoms with E-state index in [2.05, 4.69) is 0 Å². The smallest absolute Gasteiger partial charge is 0.133 e. The molecule has 60 valence electrons. The summed E-state index contributed by atoms with van der Waals surface area (Å²) in [4.78, 5) is 0. The van der Waals surface area contributed by atoms with Crippen molar-refractivity contribution in [3.63, 3.8) is 0 Å². The lowest BCUT2D eigenvalue weighted by Crippen LogP contribution is -1.73. The molecule has 1 heteroatoms. The molecule has 12 heavy (non-hydrogen) atoms. The Morgan fingerprint density at radius 2 is 1.92 bits per heavy atom. The van der Waals surface area contributed by atoms with Crippen molar-refractivity contribution in [2.45, 2.75) is 6.92 Å².